The van der Waals surface area contributed by atoms with Crippen molar-refractivity contribution in [1.82, 2.24) is 4.90 Å². The maximum absolute atomic E-state index is 10.0. The zero-order valence-electron chi connectivity index (χ0n) is 12.5. The molecule has 0 fully saturated rings. The van der Waals surface area contributed by atoms with Crippen LogP contribution in [0.1, 0.15) is 26.3 Å². The molecule has 0 bridgehead atoms. The summed E-state index contributed by atoms with van der Waals surface area (Å²) in [4.78, 5) is 2.20. The standard InChI is InChI=1S/C16H24N2O2/c1-4-18(10-13(2)3)11-15(19)12-20-16-8-6-5-7-14(16)9-17/h5-8,13,15,19H,4,10-12H2,1-3H3. The lowest BCUT2D eigenvalue weighted by molar-refractivity contribution is 0.0661. The van der Waals surface area contributed by atoms with E-state index in [4.69, 9.17) is 10.00 Å². The Hall–Kier alpha value is -1.57. The van der Waals surface area contributed by atoms with E-state index >= 15 is 0 Å². The smallest absolute Gasteiger partial charge is 0.137 e. The molecule has 1 aromatic rings. The minimum absolute atomic E-state index is 0.202. The molecule has 0 radical (unpaired) electrons. The molecule has 1 rings (SSSR count). The monoisotopic (exact) mass is 276 g/mol. The summed E-state index contributed by atoms with van der Waals surface area (Å²) in [5.74, 6) is 1.10. The predicted octanol–water partition coefficient (Wildman–Crippen LogP) is 2.28. The number of ether oxygens (including phenoxy) is 1. The number of aliphatic hydroxyl groups is 1. The Kier molecular flexibility index (Phi) is 7.06. The fraction of sp³-hybridized carbons (Fsp3) is 0.562. The van der Waals surface area contributed by atoms with Crippen LogP contribution in [0.2, 0.25) is 0 Å². The van der Waals surface area contributed by atoms with Gasteiger partial charge in [-0.3, -0.25) is 0 Å². The van der Waals surface area contributed by atoms with Crippen LogP contribution < -0.4 is 4.74 Å². The van der Waals surface area contributed by atoms with Gasteiger partial charge in [0.05, 0.1) is 5.56 Å². The number of para-hydroxylation sites is 1. The fourth-order valence-corrected chi connectivity index (χ4v) is 2.07. The molecule has 110 valence electrons. The molecule has 20 heavy (non-hydrogen) atoms. The van der Waals surface area contributed by atoms with Crippen LogP contribution >= 0.6 is 0 Å². The van der Waals surface area contributed by atoms with Crippen molar-refractivity contribution in [3.8, 4) is 11.8 Å². The SMILES string of the molecule is CCN(CC(C)C)CC(O)COc1ccccc1C#N. The third kappa shape index (κ3) is 5.60. The number of hydrogen-bond acceptors (Lipinski definition) is 4. The van der Waals surface area contributed by atoms with E-state index in [1.54, 1.807) is 18.2 Å². The van der Waals surface area contributed by atoms with Gasteiger partial charge in [0.1, 0.15) is 24.5 Å². The van der Waals surface area contributed by atoms with Gasteiger partial charge in [-0.1, -0.05) is 32.9 Å². The van der Waals surface area contributed by atoms with E-state index in [1.165, 1.54) is 0 Å². The molecule has 1 N–H and O–H groups in total. The minimum Gasteiger partial charge on any atom is -0.489 e. The van der Waals surface area contributed by atoms with Crippen LogP contribution in [-0.4, -0.2) is 42.4 Å². The maximum atomic E-state index is 10.0. The molecule has 0 heterocycles. The van der Waals surface area contributed by atoms with Gasteiger partial charge < -0.3 is 14.7 Å². The summed E-state index contributed by atoms with van der Waals surface area (Å²) in [5, 5.41) is 19.0. The predicted molar refractivity (Wildman–Crippen MR) is 79.6 cm³/mol. The second-order valence-electron chi connectivity index (χ2n) is 5.32. The van der Waals surface area contributed by atoms with E-state index in [0.717, 1.165) is 13.1 Å². The second kappa shape index (κ2) is 8.57. The molecule has 1 aromatic carbocycles. The summed E-state index contributed by atoms with van der Waals surface area (Å²) in [5.41, 5.74) is 0.495. The molecule has 0 amide bonds. The molecule has 4 heteroatoms. The average Bonchev–Trinajstić information content (AvgIpc) is 2.44. The van der Waals surface area contributed by atoms with Crippen molar-refractivity contribution in [1.29, 1.82) is 5.26 Å². The zero-order valence-corrected chi connectivity index (χ0v) is 12.5. The van der Waals surface area contributed by atoms with E-state index < -0.39 is 6.10 Å². The van der Waals surface area contributed by atoms with Gasteiger partial charge in [0.2, 0.25) is 0 Å². The highest BCUT2D eigenvalue weighted by Crippen LogP contribution is 2.16. The van der Waals surface area contributed by atoms with Gasteiger partial charge >= 0.3 is 0 Å². The molecule has 0 aliphatic rings. The van der Waals surface area contributed by atoms with Crippen LogP contribution in [0, 0.1) is 17.2 Å². The first-order chi connectivity index (χ1) is 9.56. The van der Waals surface area contributed by atoms with E-state index in [1.807, 2.05) is 6.07 Å². The Labute approximate surface area is 121 Å². The van der Waals surface area contributed by atoms with Gasteiger partial charge in [0.25, 0.3) is 0 Å². The van der Waals surface area contributed by atoms with Crippen LogP contribution in [0.4, 0.5) is 0 Å². The molecule has 1 atom stereocenters. The first kappa shape index (κ1) is 16.5. The van der Waals surface area contributed by atoms with Crippen LogP contribution in [0.25, 0.3) is 0 Å². The summed E-state index contributed by atoms with van der Waals surface area (Å²) in [6, 6.07) is 9.15. The minimum atomic E-state index is -0.555. The van der Waals surface area contributed by atoms with E-state index in [9.17, 15) is 5.11 Å². The number of rotatable bonds is 8. The van der Waals surface area contributed by atoms with Crippen molar-refractivity contribution >= 4 is 0 Å². The molecule has 0 aromatic heterocycles. The number of benzene rings is 1. The summed E-state index contributed by atoms with van der Waals surface area (Å²) in [6.07, 6.45) is -0.555. The summed E-state index contributed by atoms with van der Waals surface area (Å²) < 4.78 is 5.54. The number of aliphatic hydroxyl groups excluding tert-OH is 1. The van der Waals surface area contributed by atoms with E-state index in [-0.39, 0.29) is 6.61 Å². The highest BCUT2D eigenvalue weighted by molar-refractivity contribution is 5.42. The molecule has 0 aliphatic carbocycles. The largest absolute Gasteiger partial charge is 0.489 e. The lowest BCUT2D eigenvalue weighted by Crippen LogP contribution is -2.37. The molecule has 0 spiro atoms. The van der Waals surface area contributed by atoms with E-state index in [2.05, 4.69) is 31.7 Å². The Morgan fingerprint density at radius 1 is 1.30 bits per heavy atom. The molecule has 0 saturated carbocycles. The first-order valence-corrected chi connectivity index (χ1v) is 7.09. The van der Waals surface area contributed by atoms with Crippen molar-refractivity contribution in [3.63, 3.8) is 0 Å². The molecule has 0 aliphatic heterocycles. The quantitative estimate of drug-likeness (QED) is 0.791. The Morgan fingerprint density at radius 3 is 2.60 bits per heavy atom. The topological polar surface area (TPSA) is 56.5 Å². The fourth-order valence-electron chi connectivity index (χ4n) is 2.07. The Morgan fingerprint density at radius 2 is 2.00 bits per heavy atom. The van der Waals surface area contributed by atoms with Crippen molar-refractivity contribution < 1.29 is 9.84 Å². The van der Waals surface area contributed by atoms with Gasteiger partial charge in [-0.15, -0.1) is 0 Å². The maximum Gasteiger partial charge on any atom is 0.137 e. The number of hydrogen-bond donors (Lipinski definition) is 1. The number of nitriles is 1. The zero-order chi connectivity index (χ0) is 15.0. The molecule has 0 saturated heterocycles. The van der Waals surface area contributed by atoms with Gasteiger partial charge in [-0.25, -0.2) is 0 Å². The normalized spacial score (nSPS) is 12.4. The molecular formula is C16H24N2O2. The van der Waals surface area contributed by atoms with Gasteiger partial charge in [0.15, 0.2) is 0 Å². The molecule has 4 nitrogen and oxygen atoms in total. The number of likely N-dealkylation sites (N-methyl/N-ethyl adjacent to an activating group) is 1. The third-order valence-corrected chi connectivity index (χ3v) is 2.98. The van der Waals surface area contributed by atoms with Crippen LogP contribution in [0.5, 0.6) is 5.75 Å². The van der Waals surface area contributed by atoms with E-state index in [0.29, 0.717) is 23.8 Å². The van der Waals surface area contributed by atoms with Gasteiger partial charge in [0, 0.05) is 13.1 Å². The Balaban J connectivity index is 2.46. The summed E-state index contributed by atoms with van der Waals surface area (Å²) in [6.45, 7) is 9.06. The van der Waals surface area contributed by atoms with Crippen LogP contribution in [0.15, 0.2) is 24.3 Å². The summed E-state index contributed by atoms with van der Waals surface area (Å²) >= 11 is 0. The van der Waals surface area contributed by atoms with Crippen LogP contribution in [0.3, 0.4) is 0 Å². The third-order valence-electron chi connectivity index (χ3n) is 2.98. The van der Waals surface area contributed by atoms with Gasteiger partial charge in [-0.2, -0.15) is 5.26 Å². The number of nitrogens with zero attached hydrogens (tertiary/aromatic N) is 2. The van der Waals surface area contributed by atoms with Crippen molar-refractivity contribution in [2.45, 2.75) is 26.9 Å². The highest BCUT2D eigenvalue weighted by atomic mass is 16.5. The highest BCUT2D eigenvalue weighted by Gasteiger charge is 2.13. The van der Waals surface area contributed by atoms with Crippen LogP contribution in [-0.2, 0) is 0 Å². The average molecular weight is 276 g/mol. The second-order valence-corrected chi connectivity index (χ2v) is 5.32. The Bertz CT molecular complexity index is 440. The van der Waals surface area contributed by atoms with Gasteiger partial charge in [-0.05, 0) is 24.6 Å². The summed E-state index contributed by atoms with van der Waals surface area (Å²) in [7, 11) is 0. The van der Waals surface area contributed by atoms with Crippen molar-refractivity contribution in [2.75, 3.05) is 26.2 Å². The molecule has 1 unspecified atom stereocenters. The van der Waals surface area contributed by atoms with Crippen molar-refractivity contribution in [2.24, 2.45) is 5.92 Å². The first-order valence-electron chi connectivity index (χ1n) is 7.09. The van der Waals surface area contributed by atoms with Crippen molar-refractivity contribution in [3.05, 3.63) is 29.8 Å². The molecular weight excluding hydrogens is 252 g/mol. The lowest BCUT2D eigenvalue weighted by Gasteiger charge is -2.25. The lowest BCUT2D eigenvalue weighted by atomic mass is 10.2.